The lowest BCUT2D eigenvalue weighted by molar-refractivity contribution is -0.385. The monoisotopic (exact) mass is 399 g/mol. The first kappa shape index (κ1) is 20.6. The second kappa shape index (κ2) is 8.91. The molecule has 1 fully saturated rings. The van der Waals surface area contributed by atoms with Crippen molar-refractivity contribution in [2.45, 2.75) is 12.8 Å². The van der Waals surface area contributed by atoms with E-state index >= 15 is 0 Å². The Balaban J connectivity index is 1.95. The summed E-state index contributed by atoms with van der Waals surface area (Å²) in [5, 5.41) is 11.6. The number of likely N-dealkylation sites (tertiary alicyclic amines) is 1. The Morgan fingerprint density at radius 1 is 1.24 bits per heavy atom. The first-order valence-corrected chi connectivity index (χ1v) is 9.53. The van der Waals surface area contributed by atoms with E-state index in [-0.39, 0.29) is 28.8 Å². The zero-order chi connectivity index (χ0) is 21.0. The van der Waals surface area contributed by atoms with Crippen LogP contribution in [0.15, 0.2) is 42.5 Å². The van der Waals surface area contributed by atoms with Crippen LogP contribution in [0.4, 0.5) is 5.69 Å². The number of ether oxygens (including phenoxy) is 2. The van der Waals surface area contributed by atoms with Crippen LogP contribution in [-0.2, 0) is 0 Å². The molecule has 2 atom stereocenters. The Hall–Kier alpha value is -3.13. The van der Waals surface area contributed by atoms with Crippen molar-refractivity contribution >= 4 is 11.6 Å². The highest BCUT2D eigenvalue weighted by molar-refractivity contribution is 5.99. The van der Waals surface area contributed by atoms with Crippen molar-refractivity contribution < 1.29 is 19.2 Å². The van der Waals surface area contributed by atoms with Crippen LogP contribution in [0.25, 0.3) is 0 Å². The standard InChI is InChI=1S/C21H25N3O5/c1-3-29-20-9-16(18(24(26)27)10-19(20)28-2)21(25)23-12-15(11-22)17(13-23)14-7-5-4-6-8-14/h4-10,15,17H,3,11-13,22H2,1-2H3/t15-,17+/m1/s1. The summed E-state index contributed by atoms with van der Waals surface area (Å²) >= 11 is 0. The number of carbonyl (C=O) groups is 1. The predicted molar refractivity (Wildman–Crippen MR) is 108 cm³/mol. The van der Waals surface area contributed by atoms with Gasteiger partial charge in [-0.05, 0) is 24.9 Å². The summed E-state index contributed by atoms with van der Waals surface area (Å²) < 4.78 is 10.7. The maximum Gasteiger partial charge on any atom is 0.286 e. The summed E-state index contributed by atoms with van der Waals surface area (Å²) in [6, 6.07) is 12.5. The van der Waals surface area contributed by atoms with Crippen LogP contribution in [0, 0.1) is 16.0 Å². The molecule has 0 radical (unpaired) electrons. The van der Waals surface area contributed by atoms with E-state index in [9.17, 15) is 14.9 Å². The minimum atomic E-state index is -0.573. The van der Waals surface area contributed by atoms with Gasteiger partial charge in [-0.2, -0.15) is 0 Å². The average molecular weight is 399 g/mol. The zero-order valence-electron chi connectivity index (χ0n) is 16.5. The molecule has 0 aromatic heterocycles. The first-order chi connectivity index (χ1) is 14.0. The second-order valence-corrected chi connectivity index (χ2v) is 6.93. The minimum absolute atomic E-state index is 0.0104. The van der Waals surface area contributed by atoms with Crippen LogP contribution in [-0.4, -0.2) is 49.1 Å². The highest BCUT2D eigenvalue weighted by Crippen LogP contribution is 2.38. The van der Waals surface area contributed by atoms with Crippen molar-refractivity contribution in [1.82, 2.24) is 4.90 Å². The van der Waals surface area contributed by atoms with Crippen LogP contribution >= 0.6 is 0 Å². The van der Waals surface area contributed by atoms with Gasteiger partial charge in [0.25, 0.3) is 11.6 Å². The van der Waals surface area contributed by atoms with E-state index < -0.39 is 10.8 Å². The molecule has 154 valence electrons. The minimum Gasteiger partial charge on any atom is -0.493 e. The number of rotatable bonds is 7. The Bertz CT molecular complexity index is 887. The van der Waals surface area contributed by atoms with Crippen molar-refractivity contribution in [3.05, 3.63) is 63.7 Å². The average Bonchev–Trinajstić information content (AvgIpc) is 3.18. The topological polar surface area (TPSA) is 108 Å². The van der Waals surface area contributed by atoms with Crippen molar-refractivity contribution in [2.75, 3.05) is 33.4 Å². The third kappa shape index (κ3) is 4.17. The van der Waals surface area contributed by atoms with Crippen molar-refractivity contribution in [2.24, 2.45) is 11.7 Å². The Morgan fingerprint density at radius 2 is 1.97 bits per heavy atom. The predicted octanol–water partition coefficient (Wildman–Crippen LogP) is 2.82. The van der Waals surface area contributed by atoms with Crippen molar-refractivity contribution in [1.29, 1.82) is 0 Å². The molecule has 1 aliphatic heterocycles. The molecule has 2 aromatic rings. The van der Waals surface area contributed by atoms with Gasteiger partial charge in [0, 0.05) is 25.1 Å². The van der Waals surface area contributed by atoms with Gasteiger partial charge in [0.1, 0.15) is 5.56 Å². The number of nitrogens with two attached hydrogens (primary N) is 1. The third-order valence-corrected chi connectivity index (χ3v) is 5.27. The molecule has 8 nitrogen and oxygen atoms in total. The number of methoxy groups -OCH3 is 1. The number of nitro benzene ring substituents is 1. The van der Waals surface area contributed by atoms with Gasteiger partial charge in [-0.25, -0.2) is 0 Å². The van der Waals surface area contributed by atoms with Gasteiger partial charge < -0.3 is 20.1 Å². The Kier molecular flexibility index (Phi) is 6.33. The lowest BCUT2D eigenvalue weighted by Crippen LogP contribution is -2.30. The molecule has 0 spiro atoms. The van der Waals surface area contributed by atoms with Gasteiger partial charge in [-0.15, -0.1) is 0 Å². The van der Waals surface area contributed by atoms with E-state index in [0.717, 1.165) is 5.56 Å². The highest BCUT2D eigenvalue weighted by atomic mass is 16.6. The molecule has 1 heterocycles. The van der Waals surface area contributed by atoms with Crippen LogP contribution in [0.1, 0.15) is 28.8 Å². The van der Waals surface area contributed by atoms with Crippen LogP contribution in [0.2, 0.25) is 0 Å². The maximum absolute atomic E-state index is 13.3. The second-order valence-electron chi connectivity index (χ2n) is 6.93. The van der Waals surface area contributed by atoms with E-state index in [2.05, 4.69) is 0 Å². The third-order valence-electron chi connectivity index (χ3n) is 5.27. The smallest absolute Gasteiger partial charge is 0.286 e. The summed E-state index contributed by atoms with van der Waals surface area (Å²) in [6.45, 7) is 3.47. The summed E-state index contributed by atoms with van der Waals surface area (Å²) in [7, 11) is 1.40. The molecule has 1 aliphatic rings. The fourth-order valence-corrected chi connectivity index (χ4v) is 3.82. The van der Waals surface area contributed by atoms with Crippen molar-refractivity contribution in [3.63, 3.8) is 0 Å². The van der Waals surface area contributed by atoms with E-state index in [1.165, 1.54) is 19.2 Å². The first-order valence-electron chi connectivity index (χ1n) is 9.53. The Morgan fingerprint density at radius 3 is 2.55 bits per heavy atom. The van der Waals surface area contributed by atoms with E-state index in [4.69, 9.17) is 15.2 Å². The quantitative estimate of drug-likeness (QED) is 0.567. The molecule has 2 N–H and O–H groups in total. The number of carbonyl (C=O) groups excluding carboxylic acids is 1. The molecule has 0 unspecified atom stereocenters. The largest absolute Gasteiger partial charge is 0.493 e. The number of amides is 1. The molecule has 1 saturated heterocycles. The van der Waals surface area contributed by atoms with Crippen LogP contribution in [0.3, 0.4) is 0 Å². The maximum atomic E-state index is 13.3. The summed E-state index contributed by atoms with van der Waals surface area (Å²) in [6.07, 6.45) is 0. The van der Waals surface area contributed by atoms with Gasteiger partial charge in [0.2, 0.25) is 0 Å². The van der Waals surface area contributed by atoms with Gasteiger partial charge in [0.15, 0.2) is 11.5 Å². The van der Waals surface area contributed by atoms with E-state index in [1.54, 1.807) is 11.8 Å². The normalized spacial score (nSPS) is 18.5. The van der Waals surface area contributed by atoms with Gasteiger partial charge >= 0.3 is 0 Å². The molecule has 0 aliphatic carbocycles. The van der Waals surface area contributed by atoms with Crippen LogP contribution < -0.4 is 15.2 Å². The van der Waals surface area contributed by atoms with Crippen molar-refractivity contribution in [3.8, 4) is 11.5 Å². The van der Waals surface area contributed by atoms with E-state index in [0.29, 0.717) is 32.0 Å². The summed E-state index contributed by atoms with van der Waals surface area (Å²) in [4.78, 5) is 25.9. The number of nitrogens with zero attached hydrogens (tertiary/aromatic N) is 2. The molecular weight excluding hydrogens is 374 g/mol. The highest BCUT2D eigenvalue weighted by Gasteiger charge is 2.38. The van der Waals surface area contributed by atoms with Gasteiger partial charge in [-0.1, -0.05) is 30.3 Å². The number of hydrogen-bond donors (Lipinski definition) is 1. The zero-order valence-corrected chi connectivity index (χ0v) is 16.5. The molecule has 2 aromatic carbocycles. The molecular formula is C21H25N3O5. The fraction of sp³-hybridized carbons (Fsp3) is 0.381. The molecule has 8 heteroatoms. The fourth-order valence-electron chi connectivity index (χ4n) is 3.82. The number of benzene rings is 2. The number of nitro groups is 1. The summed E-state index contributed by atoms with van der Waals surface area (Å²) in [5.74, 6) is 0.299. The van der Waals surface area contributed by atoms with Crippen LogP contribution in [0.5, 0.6) is 11.5 Å². The lowest BCUT2D eigenvalue weighted by Gasteiger charge is -2.18. The number of hydrogen-bond acceptors (Lipinski definition) is 6. The molecule has 1 amide bonds. The Labute approximate surface area is 169 Å². The van der Waals surface area contributed by atoms with Gasteiger partial charge in [0.05, 0.1) is 24.7 Å². The molecule has 0 saturated carbocycles. The van der Waals surface area contributed by atoms with Gasteiger partial charge in [-0.3, -0.25) is 14.9 Å². The summed E-state index contributed by atoms with van der Waals surface area (Å²) in [5.41, 5.74) is 6.75. The van der Waals surface area contributed by atoms with E-state index in [1.807, 2.05) is 30.3 Å². The SMILES string of the molecule is CCOc1cc(C(=O)N2C[C@@H](CN)[C@H](c3ccccc3)C2)c([N+](=O)[O-])cc1OC. The molecule has 0 bridgehead atoms. The lowest BCUT2D eigenvalue weighted by atomic mass is 9.89. The molecule has 29 heavy (non-hydrogen) atoms. The molecule has 3 rings (SSSR count).